The maximum atomic E-state index is 13.6. The van der Waals surface area contributed by atoms with Crippen molar-refractivity contribution in [2.24, 2.45) is 7.05 Å². The van der Waals surface area contributed by atoms with Crippen LogP contribution in [-0.2, 0) is 13.6 Å². The molecule has 1 N–H and O–H groups in total. The standard InChI is InChI=1S/C23H21FN6OS/c1-13(2)30-22-16(11-26-30)15(10-18(28-22)20-5-4-8-32-20)23(31)25-12-21-27-17-7-6-14(24)9-19(17)29(21)3/h4-11,13H,12H2,1-3H3,(H,25,31). The molecule has 4 heterocycles. The van der Waals surface area contributed by atoms with Gasteiger partial charge in [0, 0.05) is 13.1 Å². The highest BCUT2D eigenvalue weighted by molar-refractivity contribution is 7.13. The molecular formula is C23H21FN6OS. The fourth-order valence-corrected chi connectivity index (χ4v) is 4.45. The van der Waals surface area contributed by atoms with E-state index in [-0.39, 0.29) is 24.3 Å². The third-order valence-corrected chi connectivity index (χ3v) is 6.31. The summed E-state index contributed by atoms with van der Waals surface area (Å²) in [5, 5.41) is 10.1. The van der Waals surface area contributed by atoms with E-state index in [4.69, 9.17) is 4.98 Å². The van der Waals surface area contributed by atoms with E-state index >= 15 is 0 Å². The predicted octanol–water partition coefficient (Wildman–Crippen LogP) is 4.70. The second-order valence-electron chi connectivity index (χ2n) is 7.86. The fourth-order valence-electron chi connectivity index (χ4n) is 3.76. The first-order chi connectivity index (χ1) is 15.4. The van der Waals surface area contributed by atoms with Gasteiger partial charge in [0.2, 0.25) is 0 Å². The van der Waals surface area contributed by atoms with Crippen molar-refractivity contribution in [2.45, 2.75) is 26.4 Å². The van der Waals surface area contributed by atoms with Crippen molar-refractivity contribution in [1.29, 1.82) is 0 Å². The molecule has 0 atom stereocenters. The highest BCUT2D eigenvalue weighted by Gasteiger charge is 2.19. The number of aryl methyl sites for hydroxylation is 1. The number of aromatic nitrogens is 5. The van der Waals surface area contributed by atoms with E-state index in [0.717, 1.165) is 10.6 Å². The SMILES string of the molecule is CC(C)n1ncc2c(C(=O)NCc3nc4ccc(F)cc4n3C)cc(-c3cccs3)nc21. The Labute approximate surface area is 187 Å². The average molecular weight is 449 g/mol. The number of amides is 1. The van der Waals surface area contributed by atoms with Gasteiger partial charge in [-0.3, -0.25) is 4.79 Å². The van der Waals surface area contributed by atoms with Crippen LogP contribution in [0.3, 0.4) is 0 Å². The normalized spacial score (nSPS) is 11.7. The highest BCUT2D eigenvalue weighted by atomic mass is 32.1. The van der Waals surface area contributed by atoms with Crippen LogP contribution in [0.4, 0.5) is 4.39 Å². The lowest BCUT2D eigenvalue weighted by atomic mass is 10.1. The second-order valence-corrected chi connectivity index (χ2v) is 8.80. The van der Waals surface area contributed by atoms with E-state index in [1.165, 1.54) is 12.1 Å². The smallest absolute Gasteiger partial charge is 0.252 e. The molecule has 162 valence electrons. The molecule has 1 amide bonds. The van der Waals surface area contributed by atoms with Gasteiger partial charge in [-0.25, -0.2) is 19.0 Å². The molecule has 0 aliphatic heterocycles. The molecule has 9 heteroatoms. The van der Waals surface area contributed by atoms with Gasteiger partial charge in [0.1, 0.15) is 11.6 Å². The summed E-state index contributed by atoms with van der Waals surface area (Å²) in [6.45, 7) is 4.27. The minimum Gasteiger partial charge on any atom is -0.345 e. The summed E-state index contributed by atoms with van der Waals surface area (Å²) in [6.07, 6.45) is 1.69. The number of benzene rings is 1. The first kappa shape index (κ1) is 20.3. The number of hydrogen-bond acceptors (Lipinski definition) is 5. The Morgan fingerprint density at radius 2 is 2.06 bits per heavy atom. The molecule has 0 radical (unpaired) electrons. The number of hydrogen-bond donors (Lipinski definition) is 1. The van der Waals surface area contributed by atoms with Crippen molar-refractivity contribution >= 4 is 39.3 Å². The fraction of sp³-hybridized carbons (Fsp3) is 0.217. The lowest BCUT2D eigenvalue weighted by molar-refractivity contribution is 0.0951. The first-order valence-corrected chi connectivity index (χ1v) is 11.1. The number of thiophene rings is 1. The maximum Gasteiger partial charge on any atom is 0.252 e. The molecule has 0 aliphatic rings. The second kappa shape index (κ2) is 7.83. The molecule has 32 heavy (non-hydrogen) atoms. The van der Waals surface area contributed by atoms with E-state index in [1.807, 2.05) is 43.1 Å². The number of imidazole rings is 1. The van der Waals surface area contributed by atoms with Gasteiger partial charge < -0.3 is 9.88 Å². The first-order valence-electron chi connectivity index (χ1n) is 10.2. The zero-order chi connectivity index (χ0) is 22.4. The quantitative estimate of drug-likeness (QED) is 0.423. The monoisotopic (exact) mass is 448 g/mol. The van der Waals surface area contributed by atoms with Gasteiger partial charge in [-0.1, -0.05) is 6.07 Å². The number of nitrogens with zero attached hydrogens (tertiary/aromatic N) is 5. The molecule has 7 nitrogen and oxygen atoms in total. The molecule has 0 aliphatic carbocycles. The molecule has 5 aromatic rings. The Morgan fingerprint density at radius 3 is 2.81 bits per heavy atom. The molecule has 0 unspecified atom stereocenters. The van der Waals surface area contributed by atoms with Gasteiger partial charge in [0.15, 0.2) is 5.65 Å². The topological polar surface area (TPSA) is 77.6 Å². The van der Waals surface area contributed by atoms with Crippen LogP contribution in [0.2, 0.25) is 0 Å². The van der Waals surface area contributed by atoms with Gasteiger partial charge >= 0.3 is 0 Å². The summed E-state index contributed by atoms with van der Waals surface area (Å²) >= 11 is 1.57. The van der Waals surface area contributed by atoms with Crippen LogP contribution >= 0.6 is 11.3 Å². The Morgan fingerprint density at radius 1 is 1.22 bits per heavy atom. The largest absolute Gasteiger partial charge is 0.345 e. The van der Waals surface area contributed by atoms with E-state index in [1.54, 1.807) is 34.2 Å². The maximum absolute atomic E-state index is 13.6. The molecule has 4 aromatic heterocycles. The van der Waals surface area contributed by atoms with Crippen LogP contribution in [0.5, 0.6) is 0 Å². The lowest BCUT2D eigenvalue weighted by Crippen LogP contribution is -2.24. The molecule has 0 bridgehead atoms. The van der Waals surface area contributed by atoms with Gasteiger partial charge in [0.25, 0.3) is 5.91 Å². The summed E-state index contributed by atoms with van der Waals surface area (Å²) < 4.78 is 17.2. The van der Waals surface area contributed by atoms with Crippen LogP contribution in [0, 0.1) is 5.82 Å². The van der Waals surface area contributed by atoms with Crippen molar-refractivity contribution < 1.29 is 9.18 Å². The number of nitrogens with one attached hydrogen (secondary N) is 1. The minimum atomic E-state index is -0.321. The number of fused-ring (bicyclic) bond motifs is 2. The van der Waals surface area contributed by atoms with Crippen LogP contribution in [0.15, 0.2) is 48.0 Å². The number of pyridine rings is 1. The summed E-state index contributed by atoms with van der Waals surface area (Å²) in [5.74, 6) is 0.0795. The Bertz CT molecular complexity index is 1450. The molecule has 0 saturated heterocycles. The Balaban J connectivity index is 1.51. The van der Waals surface area contributed by atoms with Crippen molar-refractivity contribution in [3.8, 4) is 10.6 Å². The highest BCUT2D eigenvalue weighted by Crippen LogP contribution is 2.29. The number of carbonyl (C=O) groups is 1. The lowest BCUT2D eigenvalue weighted by Gasteiger charge is -2.10. The Kier molecular flexibility index (Phi) is 4.97. The molecule has 5 rings (SSSR count). The van der Waals surface area contributed by atoms with Crippen molar-refractivity contribution in [3.63, 3.8) is 0 Å². The van der Waals surface area contributed by atoms with E-state index < -0.39 is 0 Å². The number of rotatable bonds is 5. The third kappa shape index (κ3) is 3.44. The number of carbonyl (C=O) groups excluding carboxylic acids is 1. The molecule has 0 spiro atoms. The summed E-state index contributed by atoms with van der Waals surface area (Å²) in [4.78, 5) is 23.5. The van der Waals surface area contributed by atoms with Crippen LogP contribution in [0.1, 0.15) is 36.1 Å². The van der Waals surface area contributed by atoms with E-state index in [9.17, 15) is 9.18 Å². The predicted molar refractivity (Wildman–Crippen MR) is 123 cm³/mol. The molecule has 0 fully saturated rings. The number of halogens is 1. The summed E-state index contributed by atoms with van der Waals surface area (Å²) in [7, 11) is 1.81. The van der Waals surface area contributed by atoms with Gasteiger partial charge in [-0.15, -0.1) is 11.3 Å². The Hall–Kier alpha value is -3.59. The zero-order valence-corrected chi connectivity index (χ0v) is 18.7. The summed E-state index contributed by atoms with van der Waals surface area (Å²) in [5.41, 5.74) is 3.28. The van der Waals surface area contributed by atoms with Crippen molar-refractivity contribution in [2.75, 3.05) is 0 Å². The third-order valence-electron chi connectivity index (χ3n) is 5.42. The van der Waals surface area contributed by atoms with Gasteiger partial charge in [0.05, 0.1) is 45.3 Å². The van der Waals surface area contributed by atoms with Crippen LogP contribution in [-0.4, -0.2) is 30.2 Å². The summed E-state index contributed by atoms with van der Waals surface area (Å²) in [6, 6.07) is 10.3. The van der Waals surface area contributed by atoms with E-state index in [0.29, 0.717) is 33.5 Å². The molecular weight excluding hydrogens is 427 g/mol. The minimum absolute atomic E-state index is 0.106. The van der Waals surface area contributed by atoms with E-state index in [2.05, 4.69) is 15.4 Å². The van der Waals surface area contributed by atoms with Crippen molar-refractivity contribution in [3.05, 3.63) is 65.2 Å². The van der Waals surface area contributed by atoms with Gasteiger partial charge in [-0.2, -0.15) is 5.10 Å². The molecule has 1 aromatic carbocycles. The van der Waals surface area contributed by atoms with Gasteiger partial charge in [-0.05, 0) is 49.6 Å². The van der Waals surface area contributed by atoms with Crippen LogP contribution in [0.25, 0.3) is 32.6 Å². The van der Waals surface area contributed by atoms with Crippen molar-refractivity contribution in [1.82, 2.24) is 29.6 Å². The zero-order valence-electron chi connectivity index (χ0n) is 17.8. The molecule has 0 saturated carbocycles. The van der Waals surface area contributed by atoms with Crippen LogP contribution < -0.4 is 5.32 Å². The average Bonchev–Trinajstić information content (AvgIpc) is 3.51.